The van der Waals surface area contributed by atoms with Crippen molar-refractivity contribution < 1.29 is 14.3 Å². The lowest BCUT2D eigenvalue weighted by atomic mass is 9.88. The van der Waals surface area contributed by atoms with Crippen molar-refractivity contribution in [3.8, 4) is 0 Å². The molecule has 0 saturated carbocycles. The maximum absolute atomic E-state index is 11.8. The minimum atomic E-state index is -0.484. The Labute approximate surface area is 158 Å². The molecule has 140 valence electrons. The molecule has 6 nitrogen and oxygen atoms in total. The standard InChI is InChI=1S/C21H23N3O3/c1-12-13(2)24-11-10-16-18(21(24)22-12)23-17(15-8-6-5-7-9-15)20(19(16)26-4)27-14(3)25/h5-11,17,19-20,23H,1-4H3/t17-,19-,20-/m1/s1. The van der Waals surface area contributed by atoms with Gasteiger partial charge in [0.25, 0.3) is 0 Å². The van der Waals surface area contributed by atoms with Gasteiger partial charge in [0.1, 0.15) is 6.10 Å². The number of anilines is 1. The molecule has 1 aliphatic heterocycles. The van der Waals surface area contributed by atoms with Crippen LogP contribution < -0.4 is 5.32 Å². The van der Waals surface area contributed by atoms with Gasteiger partial charge >= 0.3 is 5.97 Å². The molecule has 1 aromatic carbocycles. The van der Waals surface area contributed by atoms with Crippen LogP contribution in [-0.4, -0.2) is 28.6 Å². The van der Waals surface area contributed by atoms with Gasteiger partial charge in [-0.1, -0.05) is 30.3 Å². The van der Waals surface area contributed by atoms with E-state index < -0.39 is 12.2 Å². The number of methoxy groups -OCH3 is 1. The molecular weight excluding hydrogens is 342 g/mol. The van der Waals surface area contributed by atoms with Crippen LogP contribution in [0.4, 0.5) is 5.69 Å². The van der Waals surface area contributed by atoms with Gasteiger partial charge in [-0.25, -0.2) is 4.98 Å². The van der Waals surface area contributed by atoms with Crippen LogP contribution in [0.2, 0.25) is 0 Å². The summed E-state index contributed by atoms with van der Waals surface area (Å²) in [4.78, 5) is 16.5. The number of carbonyl (C=O) groups is 1. The summed E-state index contributed by atoms with van der Waals surface area (Å²) in [5.41, 5.74) is 5.82. The molecule has 2 aromatic heterocycles. The van der Waals surface area contributed by atoms with E-state index in [1.165, 1.54) is 6.92 Å². The number of pyridine rings is 1. The zero-order chi connectivity index (χ0) is 19.1. The first kappa shape index (κ1) is 17.5. The molecule has 0 bridgehead atoms. The maximum Gasteiger partial charge on any atom is 0.303 e. The van der Waals surface area contributed by atoms with E-state index in [0.717, 1.165) is 33.8 Å². The normalized spacial score (nSPS) is 21.6. The summed E-state index contributed by atoms with van der Waals surface area (Å²) < 4.78 is 13.6. The highest BCUT2D eigenvalue weighted by molar-refractivity contribution is 5.76. The number of aromatic nitrogens is 2. The average molecular weight is 365 g/mol. The van der Waals surface area contributed by atoms with E-state index in [-0.39, 0.29) is 12.0 Å². The van der Waals surface area contributed by atoms with Crippen LogP contribution in [0.3, 0.4) is 0 Å². The minimum absolute atomic E-state index is 0.240. The number of esters is 1. The first-order valence-electron chi connectivity index (χ1n) is 9.01. The summed E-state index contributed by atoms with van der Waals surface area (Å²) in [6.07, 6.45) is 1.12. The van der Waals surface area contributed by atoms with E-state index in [0.29, 0.717) is 0 Å². The molecule has 0 spiro atoms. The first-order valence-corrected chi connectivity index (χ1v) is 9.01. The van der Waals surface area contributed by atoms with Gasteiger partial charge in [0.05, 0.1) is 17.4 Å². The van der Waals surface area contributed by atoms with Crippen molar-refractivity contribution >= 4 is 17.3 Å². The number of hydrogen-bond donors (Lipinski definition) is 1. The van der Waals surface area contributed by atoms with Crippen molar-refractivity contribution in [2.24, 2.45) is 0 Å². The molecule has 0 radical (unpaired) electrons. The number of ether oxygens (including phenoxy) is 2. The van der Waals surface area contributed by atoms with Crippen LogP contribution in [-0.2, 0) is 14.3 Å². The number of hydrogen-bond acceptors (Lipinski definition) is 5. The fourth-order valence-corrected chi connectivity index (χ4v) is 3.84. The largest absolute Gasteiger partial charge is 0.457 e. The monoisotopic (exact) mass is 365 g/mol. The number of nitrogens with one attached hydrogen (secondary N) is 1. The molecule has 0 fully saturated rings. The van der Waals surface area contributed by atoms with Gasteiger partial charge in [0.15, 0.2) is 11.8 Å². The molecule has 3 aromatic rings. The fraction of sp³-hybridized carbons (Fsp3) is 0.333. The fourth-order valence-electron chi connectivity index (χ4n) is 3.84. The summed E-state index contributed by atoms with van der Waals surface area (Å²) in [6.45, 7) is 5.48. The van der Waals surface area contributed by atoms with E-state index in [4.69, 9.17) is 14.5 Å². The molecule has 0 amide bonds. The zero-order valence-electron chi connectivity index (χ0n) is 15.9. The maximum atomic E-state index is 11.8. The predicted molar refractivity (Wildman–Crippen MR) is 103 cm³/mol. The Balaban J connectivity index is 1.92. The number of nitrogens with zero attached hydrogens (tertiary/aromatic N) is 2. The number of rotatable bonds is 3. The third-order valence-corrected chi connectivity index (χ3v) is 5.25. The highest BCUT2D eigenvalue weighted by Crippen LogP contribution is 2.44. The summed E-state index contributed by atoms with van der Waals surface area (Å²) in [5, 5.41) is 3.58. The van der Waals surface area contributed by atoms with Crippen molar-refractivity contribution in [1.29, 1.82) is 0 Å². The molecule has 3 atom stereocenters. The Kier molecular flexibility index (Phi) is 4.36. The number of fused-ring (bicyclic) bond motifs is 3. The van der Waals surface area contributed by atoms with Gasteiger partial charge in [-0.2, -0.15) is 0 Å². The molecule has 0 saturated heterocycles. The highest BCUT2D eigenvalue weighted by Gasteiger charge is 2.41. The molecule has 1 N–H and O–H groups in total. The predicted octanol–water partition coefficient (Wildman–Crippen LogP) is 3.74. The minimum Gasteiger partial charge on any atom is -0.457 e. The molecule has 1 aliphatic rings. The van der Waals surface area contributed by atoms with Crippen LogP contribution in [0.15, 0.2) is 42.6 Å². The van der Waals surface area contributed by atoms with Crippen molar-refractivity contribution in [1.82, 2.24) is 9.38 Å². The second-order valence-electron chi connectivity index (χ2n) is 6.89. The molecule has 6 heteroatoms. The summed E-state index contributed by atoms with van der Waals surface area (Å²) in [6, 6.07) is 11.7. The van der Waals surface area contributed by atoms with Gasteiger partial charge in [0, 0.05) is 31.5 Å². The summed E-state index contributed by atoms with van der Waals surface area (Å²) in [5.74, 6) is -0.332. The molecule has 0 unspecified atom stereocenters. The van der Waals surface area contributed by atoms with E-state index in [1.807, 2.05) is 49.5 Å². The van der Waals surface area contributed by atoms with Crippen molar-refractivity contribution in [2.45, 2.75) is 39.0 Å². The van der Waals surface area contributed by atoms with E-state index >= 15 is 0 Å². The number of benzene rings is 1. The van der Waals surface area contributed by atoms with Crippen LogP contribution in [0.5, 0.6) is 0 Å². The van der Waals surface area contributed by atoms with Crippen LogP contribution in [0.1, 0.15) is 41.6 Å². The first-order chi connectivity index (χ1) is 13.0. The lowest BCUT2D eigenvalue weighted by Crippen LogP contribution is -2.40. The molecule has 0 aliphatic carbocycles. The third kappa shape index (κ3) is 2.86. The van der Waals surface area contributed by atoms with Crippen LogP contribution in [0, 0.1) is 13.8 Å². The van der Waals surface area contributed by atoms with Crippen molar-refractivity contribution in [3.05, 3.63) is 65.1 Å². The van der Waals surface area contributed by atoms with Crippen LogP contribution in [0.25, 0.3) is 5.65 Å². The van der Waals surface area contributed by atoms with Gasteiger partial charge in [-0.05, 0) is 25.5 Å². The van der Waals surface area contributed by atoms with Gasteiger partial charge in [0.2, 0.25) is 0 Å². The van der Waals surface area contributed by atoms with Gasteiger partial charge < -0.3 is 19.2 Å². The number of aryl methyl sites for hydroxylation is 2. The summed E-state index contributed by atoms with van der Waals surface area (Å²) >= 11 is 0. The number of carbonyl (C=O) groups excluding carboxylic acids is 1. The Morgan fingerprint density at radius 2 is 1.93 bits per heavy atom. The smallest absolute Gasteiger partial charge is 0.303 e. The highest BCUT2D eigenvalue weighted by atomic mass is 16.6. The SMILES string of the molecule is CO[C@@H]1c2ccn3c(C)c(C)nc3c2N[C@H](c2ccccc2)[C@H]1OC(C)=O. The Morgan fingerprint density at radius 1 is 1.19 bits per heavy atom. The summed E-state index contributed by atoms with van der Waals surface area (Å²) in [7, 11) is 1.64. The van der Waals surface area contributed by atoms with Crippen molar-refractivity contribution in [2.75, 3.05) is 12.4 Å². The van der Waals surface area contributed by atoms with Crippen molar-refractivity contribution in [3.63, 3.8) is 0 Å². The van der Waals surface area contributed by atoms with E-state index in [2.05, 4.69) is 16.6 Å². The zero-order valence-corrected chi connectivity index (χ0v) is 15.9. The molecular formula is C21H23N3O3. The van der Waals surface area contributed by atoms with Gasteiger partial charge in [-0.15, -0.1) is 0 Å². The quantitative estimate of drug-likeness (QED) is 0.717. The molecule has 4 rings (SSSR count). The Bertz CT molecular complexity index is 997. The number of imidazole rings is 1. The van der Waals surface area contributed by atoms with Crippen LogP contribution >= 0.6 is 0 Å². The lowest BCUT2D eigenvalue weighted by Gasteiger charge is -2.39. The Hall–Kier alpha value is -2.86. The molecule has 3 heterocycles. The lowest BCUT2D eigenvalue weighted by molar-refractivity contribution is -0.156. The topological polar surface area (TPSA) is 64.9 Å². The molecule has 27 heavy (non-hydrogen) atoms. The van der Waals surface area contributed by atoms with E-state index in [1.54, 1.807) is 7.11 Å². The van der Waals surface area contributed by atoms with E-state index in [9.17, 15) is 4.79 Å². The second kappa shape index (κ2) is 6.70. The third-order valence-electron chi connectivity index (χ3n) is 5.25. The Morgan fingerprint density at radius 3 is 2.59 bits per heavy atom. The van der Waals surface area contributed by atoms with Gasteiger partial charge in [-0.3, -0.25) is 4.79 Å². The average Bonchev–Trinajstić information content (AvgIpc) is 2.96. The second-order valence-corrected chi connectivity index (χ2v) is 6.89.